The molecule has 0 saturated carbocycles. The Kier molecular flexibility index (Phi) is 5.84. The van der Waals surface area contributed by atoms with E-state index in [0.717, 1.165) is 18.6 Å². The smallest absolute Gasteiger partial charge is 0.317 e. The SMILES string of the molecule is CCCCNC(=O)NCOc1ccccc1. The molecule has 0 heterocycles. The summed E-state index contributed by atoms with van der Waals surface area (Å²) in [6, 6.07) is 9.18. The molecule has 0 bridgehead atoms. The van der Waals surface area contributed by atoms with Gasteiger partial charge in [-0.05, 0) is 18.6 Å². The molecule has 1 aromatic carbocycles. The Bertz CT molecular complexity index is 301. The zero-order chi connectivity index (χ0) is 11.6. The van der Waals surface area contributed by atoms with Crippen LogP contribution in [-0.2, 0) is 0 Å². The van der Waals surface area contributed by atoms with Crippen LogP contribution in [0.4, 0.5) is 4.79 Å². The molecule has 0 spiro atoms. The summed E-state index contributed by atoms with van der Waals surface area (Å²) in [5, 5.41) is 5.36. The van der Waals surface area contributed by atoms with Gasteiger partial charge in [0.15, 0.2) is 6.73 Å². The number of hydrogen-bond donors (Lipinski definition) is 2. The van der Waals surface area contributed by atoms with Gasteiger partial charge in [-0.3, -0.25) is 0 Å². The predicted octanol–water partition coefficient (Wildman–Crippen LogP) is 2.12. The molecule has 0 fully saturated rings. The summed E-state index contributed by atoms with van der Waals surface area (Å²) >= 11 is 0. The van der Waals surface area contributed by atoms with Crippen LogP contribution in [0, 0.1) is 0 Å². The maximum atomic E-state index is 11.2. The Morgan fingerprint density at radius 1 is 1.25 bits per heavy atom. The van der Waals surface area contributed by atoms with Crippen molar-refractivity contribution < 1.29 is 9.53 Å². The molecule has 0 aromatic heterocycles. The molecule has 0 saturated heterocycles. The fraction of sp³-hybridized carbons (Fsp3) is 0.417. The lowest BCUT2D eigenvalue weighted by atomic mass is 10.3. The Morgan fingerprint density at radius 2 is 2.00 bits per heavy atom. The lowest BCUT2D eigenvalue weighted by molar-refractivity contribution is 0.224. The maximum Gasteiger partial charge on any atom is 0.317 e. The Hall–Kier alpha value is -1.71. The molecule has 16 heavy (non-hydrogen) atoms. The lowest BCUT2D eigenvalue weighted by Crippen LogP contribution is -2.38. The number of para-hydroxylation sites is 1. The van der Waals surface area contributed by atoms with Crippen LogP contribution in [-0.4, -0.2) is 19.3 Å². The van der Waals surface area contributed by atoms with Crippen molar-refractivity contribution in [2.24, 2.45) is 0 Å². The Morgan fingerprint density at radius 3 is 2.69 bits per heavy atom. The highest BCUT2D eigenvalue weighted by Crippen LogP contribution is 2.06. The fourth-order valence-electron chi connectivity index (χ4n) is 1.14. The molecule has 1 aromatic rings. The van der Waals surface area contributed by atoms with Crippen LogP contribution in [0.2, 0.25) is 0 Å². The van der Waals surface area contributed by atoms with Crippen LogP contribution in [0.3, 0.4) is 0 Å². The van der Waals surface area contributed by atoms with Crippen LogP contribution in [0.25, 0.3) is 0 Å². The molecular formula is C12H18N2O2. The average Bonchev–Trinajstić information content (AvgIpc) is 2.31. The molecule has 0 aliphatic heterocycles. The minimum Gasteiger partial charge on any atom is -0.473 e. The number of ether oxygens (including phenoxy) is 1. The van der Waals surface area contributed by atoms with Gasteiger partial charge in [-0.25, -0.2) is 4.79 Å². The summed E-state index contributed by atoms with van der Waals surface area (Å²) in [4.78, 5) is 11.2. The van der Waals surface area contributed by atoms with Gasteiger partial charge in [-0.1, -0.05) is 31.5 Å². The van der Waals surface area contributed by atoms with Crippen molar-refractivity contribution in [3.63, 3.8) is 0 Å². The van der Waals surface area contributed by atoms with Gasteiger partial charge in [-0.2, -0.15) is 0 Å². The zero-order valence-electron chi connectivity index (χ0n) is 9.53. The predicted molar refractivity (Wildman–Crippen MR) is 63.4 cm³/mol. The van der Waals surface area contributed by atoms with E-state index < -0.39 is 0 Å². The second-order valence-corrected chi connectivity index (χ2v) is 3.39. The van der Waals surface area contributed by atoms with Crippen molar-refractivity contribution >= 4 is 6.03 Å². The normalized spacial score (nSPS) is 9.56. The lowest BCUT2D eigenvalue weighted by Gasteiger charge is -2.08. The van der Waals surface area contributed by atoms with Crippen molar-refractivity contribution in [2.45, 2.75) is 19.8 Å². The second kappa shape index (κ2) is 7.56. The van der Waals surface area contributed by atoms with E-state index in [1.807, 2.05) is 30.3 Å². The number of hydrogen-bond acceptors (Lipinski definition) is 2. The number of nitrogens with one attached hydrogen (secondary N) is 2. The highest BCUT2D eigenvalue weighted by molar-refractivity contribution is 5.73. The number of benzene rings is 1. The standard InChI is InChI=1S/C12H18N2O2/c1-2-3-9-13-12(15)14-10-16-11-7-5-4-6-8-11/h4-8H,2-3,9-10H2,1H3,(H2,13,14,15). The van der Waals surface area contributed by atoms with Crippen LogP contribution in [0.5, 0.6) is 5.75 Å². The third-order valence-corrected chi connectivity index (χ3v) is 2.03. The van der Waals surface area contributed by atoms with Crippen molar-refractivity contribution in [3.8, 4) is 5.75 Å². The first-order valence-corrected chi connectivity index (χ1v) is 5.52. The molecule has 4 heteroatoms. The van der Waals surface area contributed by atoms with Crippen molar-refractivity contribution in [2.75, 3.05) is 13.3 Å². The number of urea groups is 1. The summed E-state index contributed by atoms with van der Waals surface area (Å²) in [6.07, 6.45) is 2.06. The minimum atomic E-state index is -0.190. The Labute approximate surface area is 96.0 Å². The molecule has 2 amide bonds. The summed E-state index contributed by atoms with van der Waals surface area (Å²) in [5.41, 5.74) is 0. The largest absolute Gasteiger partial charge is 0.473 e. The third-order valence-electron chi connectivity index (χ3n) is 2.03. The molecule has 2 N–H and O–H groups in total. The topological polar surface area (TPSA) is 50.4 Å². The first-order chi connectivity index (χ1) is 7.83. The quantitative estimate of drug-likeness (QED) is 0.572. The highest BCUT2D eigenvalue weighted by atomic mass is 16.5. The van der Waals surface area contributed by atoms with Crippen molar-refractivity contribution in [1.29, 1.82) is 0 Å². The number of amides is 2. The molecule has 0 unspecified atom stereocenters. The van der Waals surface area contributed by atoms with E-state index in [-0.39, 0.29) is 12.8 Å². The van der Waals surface area contributed by atoms with Crippen LogP contribution < -0.4 is 15.4 Å². The maximum absolute atomic E-state index is 11.2. The number of carbonyl (C=O) groups excluding carboxylic acids is 1. The van der Waals surface area contributed by atoms with Gasteiger partial charge in [0, 0.05) is 6.54 Å². The third kappa shape index (κ3) is 5.24. The second-order valence-electron chi connectivity index (χ2n) is 3.39. The van der Waals surface area contributed by atoms with E-state index >= 15 is 0 Å². The van der Waals surface area contributed by atoms with Crippen LogP contribution in [0.1, 0.15) is 19.8 Å². The van der Waals surface area contributed by atoms with E-state index in [0.29, 0.717) is 6.54 Å². The zero-order valence-corrected chi connectivity index (χ0v) is 9.53. The molecular weight excluding hydrogens is 204 g/mol. The molecule has 1 rings (SSSR count). The van der Waals surface area contributed by atoms with E-state index in [4.69, 9.17) is 4.74 Å². The molecule has 88 valence electrons. The molecule has 4 nitrogen and oxygen atoms in total. The van der Waals surface area contributed by atoms with Crippen LogP contribution >= 0.6 is 0 Å². The van der Waals surface area contributed by atoms with Gasteiger partial charge in [0.2, 0.25) is 0 Å². The van der Waals surface area contributed by atoms with Crippen LogP contribution in [0.15, 0.2) is 30.3 Å². The monoisotopic (exact) mass is 222 g/mol. The van der Waals surface area contributed by atoms with Gasteiger partial charge < -0.3 is 15.4 Å². The van der Waals surface area contributed by atoms with Gasteiger partial charge in [0.1, 0.15) is 5.75 Å². The number of unbranched alkanes of at least 4 members (excludes halogenated alkanes) is 1. The summed E-state index contributed by atoms with van der Waals surface area (Å²) in [6.45, 7) is 2.97. The molecule has 0 radical (unpaired) electrons. The fourth-order valence-corrected chi connectivity index (χ4v) is 1.14. The first kappa shape index (κ1) is 12.4. The number of carbonyl (C=O) groups is 1. The van der Waals surface area contributed by atoms with Crippen molar-refractivity contribution in [3.05, 3.63) is 30.3 Å². The van der Waals surface area contributed by atoms with Crippen molar-refractivity contribution in [1.82, 2.24) is 10.6 Å². The minimum absolute atomic E-state index is 0.183. The summed E-state index contributed by atoms with van der Waals surface area (Å²) in [7, 11) is 0. The average molecular weight is 222 g/mol. The molecule has 0 aliphatic carbocycles. The van der Waals surface area contributed by atoms with Gasteiger partial charge >= 0.3 is 6.03 Å². The molecule has 0 aliphatic rings. The molecule has 0 atom stereocenters. The van der Waals surface area contributed by atoms with E-state index in [1.54, 1.807) is 0 Å². The van der Waals surface area contributed by atoms with Gasteiger partial charge in [0.25, 0.3) is 0 Å². The van der Waals surface area contributed by atoms with Gasteiger partial charge in [-0.15, -0.1) is 0 Å². The van der Waals surface area contributed by atoms with E-state index in [2.05, 4.69) is 17.6 Å². The van der Waals surface area contributed by atoms with Gasteiger partial charge in [0.05, 0.1) is 0 Å². The van der Waals surface area contributed by atoms with E-state index in [1.165, 1.54) is 0 Å². The first-order valence-electron chi connectivity index (χ1n) is 5.52. The Balaban J connectivity index is 2.09. The number of rotatable bonds is 6. The summed E-state index contributed by atoms with van der Waals surface area (Å²) < 4.78 is 5.31. The highest BCUT2D eigenvalue weighted by Gasteiger charge is 1.97. The van der Waals surface area contributed by atoms with E-state index in [9.17, 15) is 4.79 Å². The summed E-state index contributed by atoms with van der Waals surface area (Å²) in [5.74, 6) is 0.747.